The summed E-state index contributed by atoms with van der Waals surface area (Å²) in [4.78, 5) is 10.2. The largest absolute Gasteiger partial charge is 0.480 e. The molecule has 0 rings (SSSR count). The van der Waals surface area contributed by atoms with E-state index in [9.17, 15) is 4.79 Å². The van der Waals surface area contributed by atoms with Crippen LogP contribution in [0.2, 0.25) is 0 Å². The lowest BCUT2D eigenvalue weighted by atomic mass is 10.2. The highest BCUT2D eigenvalue weighted by atomic mass is 16.5. The summed E-state index contributed by atoms with van der Waals surface area (Å²) < 4.78 is 20.7. The SMILES string of the molecule is CCOCCOCCOCCCCCOCC(=O)O. The molecule has 0 heterocycles. The summed E-state index contributed by atoms with van der Waals surface area (Å²) in [5.41, 5.74) is 0. The van der Waals surface area contributed by atoms with E-state index in [0.29, 0.717) is 39.6 Å². The summed E-state index contributed by atoms with van der Waals surface area (Å²) in [6.07, 6.45) is 2.79. The van der Waals surface area contributed by atoms with Crippen molar-refractivity contribution >= 4 is 5.97 Å². The van der Waals surface area contributed by atoms with E-state index in [1.807, 2.05) is 6.92 Å². The molecule has 0 bridgehead atoms. The maximum Gasteiger partial charge on any atom is 0.329 e. The minimum absolute atomic E-state index is 0.213. The van der Waals surface area contributed by atoms with Crippen LogP contribution in [0.4, 0.5) is 0 Å². The van der Waals surface area contributed by atoms with Crippen LogP contribution < -0.4 is 0 Å². The van der Waals surface area contributed by atoms with Crippen LogP contribution in [0.1, 0.15) is 26.2 Å². The molecule has 114 valence electrons. The van der Waals surface area contributed by atoms with Crippen molar-refractivity contribution in [2.24, 2.45) is 0 Å². The molecule has 6 nitrogen and oxygen atoms in total. The summed E-state index contributed by atoms with van der Waals surface area (Å²) in [6, 6.07) is 0. The van der Waals surface area contributed by atoms with Gasteiger partial charge in [-0.05, 0) is 26.2 Å². The van der Waals surface area contributed by atoms with Crippen molar-refractivity contribution in [3.63, 3.8) is 0 Å². The van der Waals surface area contributed by atoms with Gasteiger partial charge in [-0.1, -0.05) is 0 Å². The molecule has 0 aliphatic rings. The average molecular weight is 278 g/mol. The number of carboxylic acid groups (broad SMARTS) is 1. The van der Waals surface area contributed by atoms with Gasteiger partial charge < -0.3 is 24.1 Å². The van der Waals surface area contributed by atoms with E-state index in [1.165, 1.54) is 0 Å². The third-order valence-electron chi connectivity index (χ3n) is 2.25. The Hall–Kier alpha value is -0.690. The zero-order chi connectivity index (χ0) is 14.2. The van der Waals surface area contributed by atoms with E-state index in [4.69, 9.17) is 24.1 Å². The molecule has 0 fully saturated rings. The second-order valence-corrected chi connectivity index (χ2v) is 3.93. The van der Waals surface area contributed by atoms with Crippen LogP contribution in [-0.2, 0) is 23.7 Å². The Balaban J connectivity index is 2.93. The number of hydrogen-bond acceptors (Lipinski definition) is 5. The highest BCUT2D eigenvalue weighted by Gasteiger charge is 1.96. The fraction of sp³-hybridized carbons (Fsp3) is 0.923. The van der Waals surface area contributed by atoms with E-state index in [0.717, 1.165) is 25.9 Å². The van der Waals surface area contributed by atoms with Crippen molar-refractivity contribution in [1.82, 2.24) is 0 Å². The Labute approximate surface area is 115 Å². The van der Waals surface area contributed by atoms with Crippen LogP contribution >= 0.6 is 0 Å². The standard InChI is InChI=1S/C13H26O6/c1-2-16-8-9-18-11-10-17-6-4-3-5-7-19-12-13(14)15/h2-12H2,1H3,(H,14,15). The number of aliphatic carboxylic acids is 1. The first-order valence-electron chi connectivity index (χ1n) is 6.80. The highest BCUT2D eigenvalue weighted by Crippen LogP contribution is 1.96. The summed E-state index contributed by atoms with van der Waals surface area (Å²) in [5.74, 6) is -0.923. The summed E-state index contributed by atoms with van der Waals surface area (Å²) >= 11 is 0. The van der Waals surface area contributed by atoms with Crippen LogP contribution in [0.5, 0.6) is 0 Å². The molecule has 0 aliphatic carbocycles. The maximum absolute atomic E-state index is 10.2. The fourth-order valence-electron chi connectivity index (χ4n) is 1.33. The van der Waals surface area contributed by atoms with E-state index in [-0.39, 0.29) is 6.61 Å². The molecule has 0 aromatic rings. The van der Waals surface area contributed by atoms with Gasteiger partial charge in [0.25, 0.3) is 0 Å². The lowest BCUT2D eigenvalue weighted by Crippen LogP contribution is -2.10. The number of hydrogen-bond donors (Lipinski definition) is 1. The van der Waals surface area contributed by atoms with Crippen LogP contribution in [0, 0.1) is 0 Å². The predicted molar refractivity (Wildman–Crippen MR) is 70.4 cm³/mol. The topological polar surface area (TPSA) is 74.2 Å². The Kier molecular flexibility index (Phi) is 14.8. The Morgan fingerprint density at radius 2 is 1.32 bits per heavy atom. The van der Waals surface area contributed by atoms with Gasteiger partial charge in [-0.15, -0.1) is 0 Å². The molecule has 0 aromatic carbocycles. The zero-order valence-corrected chi connectivity index (χ0v) is 11.8. The van der Waals surface area contributed by atoms with Crippen LogP contribution in [-0.4, -0.2) is 63.9 Å². The van der Waals surface area contributed by atoms with Crippen LogP contribution in [0.15, 0.2) is 0 Å². The van der Waals surface area contributed by atoms with Gasteiger partial charge in [0.15, 0.2) is 0 Å². The molecule has 19 heavy (non-hydrogen) atoms. The van der Waals surface area contributed by atoms with Gasteiger partial charge in [-0.2, -0.15) is 0 Å². The molecule has 0 radical (unpaired) electrons. The Morgan fingerprint density at radius 1 is 0.789 bits per heavy atom. The molecule has 0 aromatic heterocycles. The minimum Gasteiger partial charge on any atom is -0.480 e. The van der Waals surface area contributed by atoms with Gasteiger partial charge in [0, 0.05) is 19.8 Å². The maximum atomic E-state index is 10.2. The quantitative estimate of drug-likeness (QED) is 0.455. The second kappa shape index (κ2) is 15.4. The van der Waals surface area contributed by atoms with E-state index >= 15 is 0 Å². The first-order chi connectivity index (χ1) is 9.27. The van der Waals surface area contributed by atoms with Gasteiger partial charge >= 0.3 is 5.97 Å². The number of rotatable bonds is 15. The summed E-state index contributed by atoms with van der Waals surface area (Å²) in [5, 5.41) is 8.34. The van der Waals surface area contributed by atoms with Crippen LogP contribution in [0.3, 0.4) is 0 Å². The summed E-state index contributed by atoms with van der Waals surface area (Å²) in [6.45, 7) is 6.09. The fourth-order valence-corrected chi connectivity index (χ4v) is 1.33. The Bertz CT molecular complexity index is 198. The molecule has 0 saturated carbocycles. The molecular formula is C13H26O6. The third-order valence-corrected chi connectivity index (χ3v) is 2.25. The molecular weight excluding hydrogens is 252 g/mol. The van der Waals surface area contributed by atoms with Gasteiger partial charge in [0.2, 0.25) is 0 Å². The molecule has 0 atom stereocenters. The molecule has 6 heteroatoms. The van der Waals surface area contributed by atoms with Crippen molar-refractivity contribution < 1.29 is 28.8 Å². The van der Waals surface area contributed by atoms with Crippen molar-refractivity contribution in [1.29, 1.82) is 0 Å². The highest BCUT2D eigenvalue weighted by molar-refractivity contribution is 5.67. The van der Waals surface area contributed by atoms with Gasteiger partial charge in [0.1, 0.15) is 6.61 Å². The predicted octanol–water partition coefficient (Wildman–Crippen LogP) is 1.33. The average Bonchev–Trinajstić information content (AvgIpc) is 2.39. The third kappa shape index (κ3) is 17.3. The number of unbranched alkanes of at least 4 members (excludes halogenated alkanes) is 2. The van der Waals surface area contributed by atoms with Crippen molar-refractivity contribution in [3.8, 4) is 0 Å². The normalized spacial score (nSPS) is 10.8. The van der Waals surface area contributed by atoms with Gasteiger partial charge in [-0.3, -0.25) is 0 Å². The first kappa shape index (κ1) is 18.3. The molecule has 0 unspecified atom stereocenters. The molecule has 0 spiro atoms. The monoisotopic (exact) mass is 278 g/mol. The van der Waals surface area contributed by atoms with Crippen LogP contribution in [0.25, 0.3) is 0 Å². The van der Waals surface area contributed by atoms with E-state index < -0.39 is 5.97 Å². The lowest BCUT2D eigenvalue weighted by molar-refractivity contribution is -0.142. The Morgan fingerprint density at radius 3 is 1.89 bits per heavy atom. The van der Waals surface area contributed by atoms with Crippen molar-refractivity contribution in [2.75, 3.05) is 52.9 Å². The number of ether oxygens (including phenoxy) is 4. The summed E-state index contributed by atoms with van der Waals surface area (Å²) in [7, 11) is 0. The molecule has 1 N–H and O–H groups in total. The van der Waals surface area contributed by atoms with E-state index in [2.05, 4.69) is 0 Å². The van der Waals surface area contributed by atoms with Crippen molar-refractivity contribution in [2.45, 2.75) is 26.2 Å². The zero-order valence-electron chi connectivity index (χ0n) is 11.8. The second-order valence-electron chi connectivity index (χ2n) is 3.93. The van der Waals surface area contributed by atoms with E-state index in [1.54, 1.807) is 0 Å². The van der Waals surface area contributed by atoms with Gasteiger partial charge in [0.05, 0.1) is 26.4 Å². The molecule has 0 amide bonds. The lowest BCUT2D eigenvalue weighted by Gasteiger charge is -2.06. The smallest absolute Gasteiger partial charge is 0.329 e. The number of carboxylic acids is 1. The first-order valence-corrected chi connectivity index (χ1v) is 6.80. The van der Waals surface area contributed by atoms with Gasteiger partial charge in [-0.25, -0.2) is 4.79 Å². The minimum atomic E-state index is -0.923. The number of carbonyl (C=O) groups is 1. The molecule has 0 saturated heterocycles. The molecule has 0 aliphatic heterocycles. The van der Waals surface area contributed by atoms with Crippen molar-refractivity contribution in [3.05, 3.63) is 0 Å².